The molecule has 3 aliphatic heterocycles. The molecule has 4 heterocycles. The lowest BCUT2D eigenvalue weighted by Crippen LogP contribution is -2.45. The predicted octanol–water partition coefficient (Wildman–Crippen LogP) is 1.86. The summed E-state index contributed by atoms with van der Waals surface area (Å²) in [6, 6.07) is 11.0. The van der Waals surface area contributed by atoms with Crippen LogP contribution in [0, 0.1) is 5.92 Å². The fourth-order valence-electron chi connectivity index (χ4n) is 4.34. The number of benzene rings is 1. The Bertz CT molecular complexity index is 813. The Morgan fingerprint density at radius 1 is 1.19 bits per heavy atom. The summed E-state index contributed by atoms with van der Waals surface area (Å²) < 4.78 is 16.1. The molecule has 2 N–H and O–H groups in total. The van der Waals surface area contributed by atoms with Gasteiger partial charge in [-0.3, -0.25) is 10.3 Å². The van der Waals surface area contributed by atoms with Crippen LogP contribution in [0.15, 0.2) is 36.5 Å². The molecule has 0 amide bonds. The fourth-order valence-corrected chi connectivity index (χ4v) is 4.34. The van der Waals surface area contributed by atoms with E-state index in [0.29, 0.717) is 24.6 Å². The first-order valence-corrected chi connectivity index (χ1v) is 9.42. The van der Waals surface area contributed by atoms with Gasteiger partial charge in [0.05, 0.1) is 13.2 Å². The first kappa shape index (κ1) is 16.8. The number of methoxy groups -OCH3 is 1. The molecule has 142 valence electrons. The summed E-state index contributed by atoms with van der Waals surface area (Å²) in [6.07, 6.45) is 3.04. The number of hydrogen-bond donors (Lipinski definition) is 2. The van der Waals surface area contributed by atoms with Gasteiger partial charge in [0.1, 0.15) is 0 Å². The van der Waals surface area contributed by atoms with Gasteiger partial charge in [-0.25, -0.2) is 10.4 Å². The second-order valence-electron chi connectivity index (χ2n) is 7.38. The molecule has 27 heavy (non-hydrogen) atoms. The second-order valence-corrected chi connectivity index (χ2v) is 7.38. The lowest BCUT2D eigenvalue weighted by Gasteiger charge is -2.36. The van der Waals surface area contributed by atoms with Gasteiger partial charge in [-0.2, -0.15) is 0 Å². The molecule has 0 spiro atoms. The van der Waals surface area contributed by atoms with Gasteiger partial charge in [-0.1, -0.05) is 12.1 Å². The van der Waals surface area contributed by atoms with Crippen LogP contribution >= 0.6 is 0 Å². The van der Waals surface area contributed by atoms with Gasteiger partial charge in [0, 0.05) is 43.9 Å². The average Bonchev–Trinajstić information content (AvgIpc) is 3.34. The number of rotatable bonds is 4. The predicted molar refractivity (Wildman–Crippen MR) is 99.5 cm³/mol. The van der Waals surface area contributed by atoms with Gasteiger partial charge in [-0.15, -0.1) is 0 Å². The van der Waals surface area contributed by atoms with E-state index < -0.39 is 0 Å². The second kappa shape index (κ2) is 6.99. The molecule has 1 aromatic heterocycles. The standard InChI is InChI=1S/C20H24N4O3/c1-25-19-5-2-13(9-21-19)10-24-7-6-16-15(11-24)20(23-22-16)14-3-4-17-18(8-14)27-12-26-17/h2-5,8-9,15-16,20,22-23H,6-7,10-12H2,1H3. The van der Waals surface area contributed by atoms with Crippen molar-refractivity contribution in [3.63, 3.8) is 0 Å². The van der Waals surface area contributed by atoms with E-state index in [0.717, 1.165) is 37.6 Å². The van der Waals surface area contributed by atoms with Crippen molar-refractivity contribution in [1.82, 2.24) is 20.7 Å². The summed E-state index contributed by atoms with van der Waals surface area (Å²) >= 11 is 0. The number of fused-ring (bicyclic) bond motifs is 2. The molecule has 2 aromatic rings. The van der Waals surface area contributed by atoms with E-state index in [9.17, 15) is 0 Å². The number of piperidine rings is 1. The minimum atomic E-state index is 0.265. The maximum absolute atomic E-state index is 5.56. The highest BCUT2D eigenvalue weighted by atomic mass is 16.7. The number of nitrogens with zero attached hydrogens (tertiary/aromatic N) is 2. The van der Waals surface area contributed by atoms with Crippen LogP contribution in [0.5, 0.6) is 17.4 Å². The van der Waals surface area contributed by atoms with Crippen LogP contribution in [0.4, 0.5) is 0 Å². The van der Waals surface area contributed by atoms with Crippen molar-refractivity contribution in [2.45, 2.75) is 25.0 Å². The number of hydrazine groups is 1. The smallest absolute Gasteiger partial charge is 0.231 e. The minimum absolute atomic E-state index is 0.265. The van der Waals surface area contributed by atoms with Crippen molar-refractivity contribution in [2.75, 3.05) is 27.0 Å². The van der Waals surface area contributed by atoms with Gasteiger partial charge in [-0.05, 0) is 29.7 Å². The summed E-state index contributed by atoms with van der Waals surface area (Å²) in [6.45, 7) is 3.34. The van der Waals surface area contributed by atoms with Crippen LogP contribution < -0.4 is 25.1 Å². The molecule has 5 rings (SSSR count). The normalized spacial score (nSPS) is 26.8. The van der Waals surface area contributed by atoms with E-state index in [2.05, 4.69) is 38.9 Å². The van der Waals surface area contributed by atoms with Crippen LogP contribution in [0.1, 0.15) is 23.6 Å². The Balaban J connectivity index is 1.30. The van der Waals surface area contributed by atoms with E-state index in [1.807, 2.05) is 18.3 Å². The molecule has 3 unspecified atom stereocenters. The number of likely N-dealkylation sites (tertiary alicyclic amines) is 1. The van der Waals surface area contributed by atoms with Crippen molar-refractivity contribution < 1.29 is 14.2 Å². The number of pyridine rings is 1. The SMILES string of the molecule is COc1ccc(CN2CCC3NNC(c4ccc5c(c4)OCO5)C3C2)cn1. The van der Waals surface area contributed by atoms with E-state index in [-0.39, 0.29) is 6.04 Å². The minimum Gasteiger partial charge on any atom is -0.481 e. The third-order valence-electron chi connectivity index (χ3n) is 5.76. The molecule has 0 radical (unpaired) electrons. The van der Waals surface area contributed by atoms with Gasteiger partial charge < -0.3 is 14.2 Å². The molecule has 2 saturated heterocycles. The zero-order valence-corrected chi connectivity index (χ0v) is 15.4. The molecule has 7 nitrogen and oxygen atoms in total. The van der Waals surface area contributed by atoms with Gasteiger partial charge in [0.2, 0.25) is 12.7 Å². The zero-order valence-electron chi connectivity index (χ0n) is 15.4. The fraction of sp³-hybridized carbons (Fsp3) is 0.450. The number of nitrogens with one attached hydrogen (secondary N) is 2. The molecule has 0 bridgehead atoms. The van der Waals surface area contributed by atoms with E-state index in [1.54, 1.807) is 7.11 Å². The van der Waals surface area contributed by atoms with Crippen molar-refractivity contribution in [3.8, 4) is 17.4 Å². The van der Waals surface area contributed by atoms with Crippen LogP contribution in [-0.4, -0.2) is 42.9 Å². The Morgan fingerprint density at radius 2 is 2.11 bits per heavy atom. The van der Waals surface area contributed by atoms with E-state index >= 15 is 0 Å². The number of aromatic nitrogens is 1. The molecule has 3 atom stereocenters. The summed E-state index contributed by atoms with van der Waals surface area (Å²) in [4.78, 5) is 6.84. The Labute approximate surface area is 158 Å². The molecule has 7 heteroatoms. The quantitative estimate of drug-likeness (QED) is 0.854. The van der Waals surface area contributed by atoms with Crippen LogP contribution in [0.2, 0.25) is 0 Å². The summed E-state index contributed by atoms with van der Waals surface area (Å²) in [5.41, 5.74) is 9.46. The summed E-state index contributed by atoms with van der Waals surface area (Å²) in [5.74, 6) is 2.84. The highest BCUT2D eigenvalue weighted by molar-refractivity contribution is 5.45. The zero-order chi connectivity index (χ0) is 18.2. The first-order chi connectivity index (χ1) is 13.3. The molecule has 0 saturated carbocycles. The summed E-state index contributed by atoms with van der Waals surface area (Å²) in [5, 5.41) is 0. The average molecular weight is 368 g/mol. The third kappa shape index (κ3) is 3.22. The topological polar surface area (TPSA) is 67.9 Å². The van der Waals surface area contributed by atoms with Crippen LogP contribution in [0.3, 0.4) is 0 Å². The van der Waals surface area contributed by atoms with Crippen LogP contribution in [0.25, 0.3) is 0 Å². The maximum atomic E-state index is 5.56. The molecule has 2 fully saturated rings. The number of hydrogen-bond acceptors (Lipinski definition) is 7. The number of ether oxygens (including phenoxy) is 3. The Kier molecular flexibility index (Phi) is 4.35. The molecule has 3 aliphatic rings. The van der Waals surface area contributed by atoms with Crippen LogP contribution in [-0.2, 0) is 6.54 Å². The largest absolute Gasteiger partial charge is 0.481 e. The summed E-state index contributed by atoms with van der Waals surface area (Å²) in [7, 11) is 1.64. The Hall–Kier alpha value is -2.35. The van der Waals surface area contributed by atoms with Crippen molar-refractivity contribution >= 4 is 0 Å². The monoisotopic (exact) mass is 368 g/mol. The van der Waals surface area contributed by atoms with Crippen molar-refractivity contribution in [1.29, 1.82) is 0 Å². The van der Waals surface area contributed by atoms with Crippen molar-refractivity contribution in [2.24, 2.45) is 5.92 Å². The van der Waals surface area contributed by atoms with E-state index in [4.69, 9.17) is 14.2 Å². The third-order valence-corrected chi connectivity index (χ3v) is 5.76. The van der Waals surface area contributed by atoms with Gasteiger partial charge in [0.15, 0.2) is 11.5 Å². The lowest BCUT2D eigenvalue weighted by molar-refractivity contribution is 0.148. The highest BCUT2D eigenvalue weighted by Crippen LogP contribution is 2.39. The lowest BCUT2D eigenvalue weighted by atomic mass is 9.85. The van der Waals surface area contributed by atoms with E-state index in [1.165, 1.54) is 11.1 Å². The molecule has 0 aliphatic carbocycles. The van der Waals surface area contributed by atoms with Gasteiger partial charge >= 0.3 is 0 Å². The maximum Gasteiger partial charge on any atom is 0.231 e. The van der Waals surface area contributed by atoms with Gasteiger partial charge in [0.25, 0.3) is 0 Å². The first-order valence-electron chi connectivity index (χ1n) is 9.42. The molecule has 1 aromatic carbocycles. The van der Waals surface area contributed by atoms with Crippen molar-refractivity contribution in [3.05, 3.63) is 47.7 Å². The highest BCUT2D eigenvalue weighted by Gasteiger charge is 2.40. The molecular formula is C20H24N4O3. The molecular weight excluding hydrogens is 344 g/mol. The Morgan fingerprint density at radius 3 is 2.96 bits per heavy atom.